The summed E-state index contributed by atoms with van der Waals surface area (Å²) in [6.45, 7) is 3.58. The molecule has 0 heterocycles. The minimum absolute atomic E-state index is 0.556. The number of urea groups is 1. The molecule has 0 aliphatic heterocycles. The number of carbonyl (C=O) groups excluding carboxylic acids is 2. The molecule has 92 valence electrons. The molecule has 0 saturated carbocycles. The highest BCUT2D eigenvalue weighted by atomic mass is 16.5. The largest absolute Gasteiger partial charge is 0.481 e. The zero-order chi connectivity index (χ0) is 12.8. The van der Waals surface area contributed by atoms with Gasteiger partial charge in [0, 0.05) is 0 Å². The van der Waals surface area contributed by atoms with Crippen molar-refractivity contribution in [3.63, 3.8) is 0 Å². The Labute approximate surface area is 99.9 Å². The molecular formula is C12H16N2O3. The number of nitrogens with two attached hydrogens (primary N) is 1. The third-order valence-corrected chi connectivity index (χ3v) is 2.24. The van der Waals surface area contributed by atoms with Gasteiger partial charge in [-0.25, -0.2) is 4.79 Å². The predicted octanol–water partition coefficient (Wildman–Crippen LogP) is 1.21. The van der Waals surface area contributed by atoms with E-state index >= 15 is 0 Å². The number of aryl methyl sites for hydroxylation is 1. The second-order valence-corrected chi connectivity index (χ2v) is 3.61. The van der Waals surface area contributed by atoms with E-state index in [2.05, 4.69) is 0 Å². The number of amides is 3. The molecule has 0 fully saturated rings. The molecule has 5 heteroatoms. The Hall–Kier alpha value is -2.04. The third-order valence-electron chi connectivity index (χ3n) is 2.24. The molecule has 3 amide bonds. The zero-order valence-corrected chi connectivity index (χ0v) is 9.90. The summed E-state index contributed by atoms with van der Waals surface area (Å²) in [5.74, 6) is 0.0378. The second-order valence-electron chi connectivity index (χ2n) is 3.61. The molecule has 1 aromatic carbocycles. The van der Waals surface area contributed by atoms with Crippen molar-refractivity contribution in [1.82, 2.24) is 5.32 Å². The minimum Gasteiger partial charge on any atom is -0.481 e. The first kappa shape index (κ1) is 13.0. The first-order valence-corrected chi connectivity index (χ1v) is 5.38. The summed E-state index contributed by atoms with van der Waals surface area (Å²) >= 11 is 0. The van der Waals surface area contributed by atoms with Crippen LogP contribution in [0.5, 0.6) is 5.75 Å². The molecule has 0 spiro atoms. The van der Waals surface area contributed by atoms with E-state index in [0.29, 0.717) is 5.75 Å². The van der Waals surface area contributed by atoms with Crippen LogP contribution in [0.4, 0.5) is 4.79 Å². The van der Waals surface area contributed by atoms with E-state index in [1.54, 1.807) is 13.0 Å². The van der Waals surface area contributed by atoms with E-state index in [1.165, 1.54) is 0 Å². The van der Waals surface area contributed by atoms with Crippen LogP contribution in [0.2, 0.25) is 0 Å². The third kappa shape index (κ3) is 4.14. The minimum atomic E-state index is -0.882. The smallest absolute Gasteiger partial charge is 0.318 e. The van der Waals surface area contributed by atoms with Crippen LogP contribution in [0, 0.1) is 0 Å². The van der Waals surface area contributed by atoms with Crippen molar-refractivity contribution in [2.24, 2.45) is 5.73 Å². The average Bonchev–Trinajstić information content (AvgIpc) is 2.28. The summed E-state index contributed by atoms with van der Waals surface area (Å²) in [7, 11) is 0. The number of hydrogen-bond donors (Lipinski definition) is 2. The second kappa shape index (κ2) is 5.89. The van der Waals surface area contributed by atoms with Crippen molar-refractivity contribution in [2.45, 2.75) is 26.4 Å². The van der Waals surface area contributed by atoms with Crippen LogP contribution in [0.15, 0.2) is 24.3 Å². The average molecular weight is 236 g/mol. The van der Waals surface area contributed by atoms with Crippen molar-refractivity contribution in [3.8, 4) is 5.75 Å². The van der Waals surface area contributed by atoms with Crippen LogP contribution < -0.4 is 15.8 Å². The van der Waals surface area contributed by atoms with Crippen molar-refractivity contribution in [2.75, 3.05) is 0 Å². The lowest BCUT2D eigenvalue weighted by Gasteiger charge is -2.13. The van der Waals surface area contributed by atoms with E-state index in [1.807, 2.05) is 30.4 Å². The number of carbonyl (C=O) groups is 2. The molecule has 0 bridgehead atoms. The van der Waals surface area contributed by atoms with Gasteiger partial charge in [-0.1, -0.05) is 19.1 Å². The van der Waals surface area contributed by atoms with Gasteiger partial charge in [-0.3, -0.25) is 10.1 Å². The van der Waals surface area contributed by atoms with Crippen LogP contribution in [0.3, 0.4) is 0 Å². The molecule has 0 unspecified atom stereocenters. The first-order chi connectivity index (χ1) is 8.02. The Morgan fingerprint density at radius 1 is 1.47 bits per heavy atom. The monoisotopic (exact) mass is 236 g/mol. The summed E-state index contributed by atoms with van der Waals surface area (Å²) in [6, 6.07) is 6.56. The predicted molar refractivity (Wildman–Crippen MR) is 63.6 cm³/mol. The quantitative estimate of drug-likeness (QED) is 0.824. The lowest BCUT2D eigenvalue weighted by molar-refractivity contribution is -0.126. The molecule has 0 aliphatic rings. The highest BCUT2D eigenvalue weighted by Gasteiger charge is 2.15. The Bertz CT molecular complexity index is 418. The molecular weight excluding hydrogens is 220 g/mol. The van der Waals surface area contributed by atoms with Gasteiger partial charge in [0.05, 0.1) is 0 Å². The van der Waals surface area contributed by atoms with E-state index < -0.39 is 18.0 Å². The number of benzene rings is 1. The van der Waals surface area contributed by atoms with Crippen LogP contribution in [0.1, 0.15) is 19.4 Å². The fourth-order valence-electron chi connectivity index (χ4n) is 1.32. The van der Waals surface area contributed by atoms with Gasteiger partial charge in [0.1, 0.15) is 5.75 Å². The first-order valence-electron chi connectivity index (χ1n) is 5.38. The van der Waals surface area contributed by atoms with Gasteiger partial charge < -0.3 is 10.5 Å². The van der Waals surface area contributed by atoms with Gasteiger partial charge in [0.15, 0.2) is 6.10 Å². The molecule has 0 radical (unpaired) electrons. The summed E-state index contributed by atoms with van der Waals surface area (Å²) in [6.07, 6.45) is 0.119. The van der Waals surface area contributed by atoms with Gasteiger partial charge in [-0.15, -0.1) is 0 Å². The maximum absolute atomic E-state index is 11.4. The number of nitrogens with one attached hydrogen (secondary N) is 1. The molecule has 0 aliphatic carbocycles. The van der Waals surface area contributed by atoms with Crippen molar-refractivity contribution in [1.29, 1.82) is 0 Å². The van der Waals surface area contributed by atoms with E-state index in [4.69, 9.17) is 10.5 Å². The molecule has 0 saturated heterocycles. The highest BCUT2D eigenvalue weighted by Crippen LogP contribution is 2.15. The normalized spacial score (nSPS) is 11.6. The van der Waals surface area contributed by atoms with Crippen molar-refractivity contribution in [3.05, 3.63) is 29.8 Å². The number of hydrogen-bond acceptors (Lipinski definition) is 3. The van der Waals surface area contributed by atoms with E-state index in [-0.39, 0.29) is 0 Å². The van der Waals surface area contributed by atoms with E-state index in [0.717, 1.165) is 12.0 Å². The maximum atomic E-state index is 11.4. The van der Waals surface area contributed by atoms with Crippen LogP contribution >= 0.6 is 0 Å². The number of rotatable bonds is 4. The topological polar surface area (TPSA) is 81.4 Å². The van der Waals surface area contributed by atoms with Gasteiger partial charge in [-0.2, -0.15) is 0 Å². The van der Waals surface area contributed by atoms with Crippen LogP contribution in [-0.2, 0) is 11.2 Å². The van der Waals surface area contributed by atoms with Crippen LogP contribution in [-0.4, -0.2) is 18.0 Å². The Morgan fingerprint density at radius 2 is 2.18 bits per heavy atom. The SMILES string of the molecule is CCc1cccc(O[C@@H](C)C(=O)NC(N)=O)c1. The van der Waals surface area contributed by atoms with Gasteiger partial charge in [-0.05, 0) is 31.0 Å². The number of ether oxygens (including phenoxy) is 1. The van der Waals surface area contributed by atoms with Gasteiger partial charge in [0.2, 0.25) is 0 Å². The van der Waals surface area contributed by atoms with Gasteiger partial charge >= 0.3 is 6.03 Å². The number of primary amides is 1. The molecule has 1 aromatic rings. The molecule has 0 aromatic heterocycles. The Kier molecular flexibility index (Phi) is 4.51. The van der Waals surface area contributed by atoms with Crippen molar-refractivity contribution >= 4 is 11.9 Å². The van der Waals surface area contributed by atoms with Crippen molar-refractivity contribution < 1.29 is 14.3 Å². The lowest BCUT2D eigenvalue weighted by Crippen LogP contribution is -2.42. The Morgan fingerprint density at radius 3 is 2.76 bits per heavy atom. The summed E-state index contributed by atoms with van der Waals surface area (Å²) in [4.78, 5) is 21.9. The fourth-order valence-corrected chi connectivity index (χ4v) is 1.32. The summed E-state index contributed by atoms with van der Waals surface area (Å²) in [5.41, 5.74) is 5.96. The zero-order valence-electron chi connectivity index (χ0n) is 9.90. The van der Waals surface area contributed by atoms with Crippen LogP contribution in [0.25, 0.3) is 0 Å². The van der Waals surface area contributed by atoms with E-state index in [9.17, 15) is 9.59 Å². The maximum Gasteiger partial charge on any atom is 0.318 e. The molecule has 5 nitrogen and oxygen atoms in total. The number of imide groups is 1. The fraction of sp³-hybridized carbons (Fsp3) is 0.333. The molecule has 1 atom stereocenters. The Balaban J connectivity index is 2.63. The summed E-state index contributed by atoms with van der Waals surface area (Å²) in [5, 5.41) is 1.97. The summed E-state index contributed by atoms with van der Waals surface area (Å²) < 4.78 is 5.40. The molecule has 3 N–H and O–H groups in total. The molecule has 17 heavy (non-hydrogen) atoms. The lowest BCUT2D eigenvalue weighted by atomic mass is 10.2. The van der Waals surface area contributed by atoms with Gasteiger partial charge in [0.25, 0.3) is 5.91 Å². The molecule has 1 rings (SSSR count). The highest BCUT2D eigenvalue weighted by molar-refractivity contribution is 5.95. The standard InChI is InChI=1S/C12H16N2O3/c1-3-9-5-4-6-10(7-9)17-8(2)11(15)14-12(13)16/h4-8H,3H2,1-2H3,(H3,13,14,15,16)/t8-/m0/s1.